The van der Waals surface area contributed by atoms with Crippen LogP contribution in [-0.2, 0) is 14.4 Å². The molecule has 238 valence electrons. The molecule has 2 atom stereocenters. The van der Waals surface area contributed by atoms with Crippen LogP contribution in [0.3, 0.4) is 0 Å². The van der Waals surface area contributed by atoms with Crippen molar-refractivity contribution in [3.8, 4) is 5.69 Å². The van der Waals surface area contributed by atoms with Crippen molar-refractivity contribution in [1.29, 1.82) is 0 Å². The third kappa shape index (κ3) is 5.56. The lowest BCUT2D eigenvalue weighted by Gasteiger charge is -2.33. The number of primary amides is 1. The van der Waals surface area contributed by atoms with Gasteiger partial charge >= 0.3 is 0 Å². The van der Waals surface area contributed by atoms with Gasteiger partial charge in [-0.05, 0) is 55.2 Å². The van der Waals surface area contributed by atoms with Crippen LogP contribution < -0.4 is 11.1 Å². The number of nitrogens with one attached hydrogen (secondary N) is 1. The van der Waals surface area contributed by atoms with Gasteiger partial charge in [-0.3, -0.25) is 39.0 Å². The number of hydrogen-bond donors (Lipinski definition) is 2. The number of carbonyl (C=O) groups is 6. The Morgan fingerprint density at radius 3 is 2.51 bits per heavy atom. The summed E-state index contributed by atoms with van der Waals surface area (Å²) >= 11 is 1.20. The molecule has 1 aromatic heterocycles. The Kier molecular flexibility index (Phi) is 7.84. The largest absolute Gasteiger partial charge is 0.366 e. The summed E-state index contributed by atoms with van der Waals surface area (Å²) in [5, 5.41) is 7.60. The maximum atomic E-state index is 13.4. The second-order valence-corrected chi connectivity index (χ2v) is 12.9. The third-order valence-corrected chi connectivity index (χ3v) is 10.0. The summed E-state index contributed by atoms with van der Waals surface area (Å²) in [6.07, 6.45) is 3.75. The van der Waals surface area contributed by atoms with Crippen molar-refractivity contribution in [2.45, 2.75) is 42.5 Å². The Bertz CT molecular complexity index is 1990. The molecular formula is C34H30N6O6S. The molecule has 0 spiro atoms. The number of piperidine rings is 2. The number of aromatic nitrogens is 2. The summed E-state index contributed by atoms with van der Waals surface area (Å²) in [7, 11) is 0. The molecular weight excluding hydrogens is 620 g/mol. The maximum Gasteiger partial charge on any atom is 0.263 e. The van der Waals surface area contributed by atoms with Crippen molar-refractivity contribution in [1.82, 2.24) is 24.9 Å². The lowest BCUT2D eigenvalue weighted by molar-refractivity contribution is -0.136. The smallest absolute Gasteiger partial charge is 0.263 e. The third-order valence-electron chi connectivity index (χ3n) is 8.99. The van der Waals surface area contributed by atoms with E-state index >= 15 is 0 Å². The monoisotopic (exact) mass is 650 g/mol. The normalized spacial score (nSPS) is 19.7. The summed E-state index contributed by atoms with van der Waals surface area (Å²) in [6.45, 7) is 1.18. The molecule has 0 aliphatic carbocycles. The average Bonchev–Trinajstić information content (AvgIpc) is 3.62. The van der Waals surface area contributed by atoms with E-state index in [1.54, 1.807) is 35.0 Å². The molecule has 12 nitrogen and oxygen atoms in total. The number of imide groups is 2. The number of nitrogens with zero attached hydrogens (tertiary/aromatic N) is 4. The molecule has 4 aromatic rings. The zero-order chi connectivity index (χ0) is 32.8. The molecule has 3 aliphatic rings. The van der Waals surface area contributed by atoms with Gasteiger partial charge in [0, 0.05) is 41.9 Å². The Morgan fingerprint density at radius 1 is 0.957 bits per heavy atom. The summed E-state index contributed by atoms with van der Waals surface area (Å²) in [6, 6.07) is 17.2. The van der Waals surface area contributed by atoms with E-state index in [0.717, 1.165) is 34.4 Å². The number of thioether (sulfide) groups is 1. The second-order valence-electron chi connectivity index (χ2n) is 11.9. The van der Waals surface area contributed by atoms with Crippen LogP contribution >= 0.6 is 11.8 Å². The molecule has 13 heteroatoms. The summed E-state index contributed by atoms with van der Waals surface area (Å²) in [5.74, 6) is -2.63. The van der Waals surface area contributed by atoms with Crippen LogP contribution in [0.5, 0.6) is 0 Å². The minimum absolute atomic E-state index is 0.0434. The molecule has 2 saturated heterocycles. The molecule has 3 aliphatic heterocycles. The van der Waals surface area contributed by atoms with Crippen LogP contribution in [0.15, 0.2) is 71.8 Å². The van der Waals surface area contributed by atoms with Gasteiger partial charge in [0.15, 0.2) is 0 Å². The molecule has 0 radical (unpaired) electrons. The maximum absolute atomic E-state index is 13.4. The van der Waals surface area contributed by atoms with Crippen molar-refractivity contribution in [2.24, 2.45) is 5.73 Å². The Labute approximate surface area is 273 Å². The van der Waals surface area contributed by atoms with E-state index in [1.807, 2.05) is 41.4 Å². The van der Waals surface area contributed by atoms with Gasteiger partial charge in [-0.1, -0.05) is 30.3 Å². The van der Waals surface area contributed by atoms with Crippen molar-refractivity contribution < 1.29 is 28.8 Å². The number of fused-ring (bicyclic) bond motifs is 2. The van der Waals surface area contributed by atoms with Crippen LogP contribution in [-0.4, -0.2) is 79.9 Å². The molecule has 2 fully saturated rings. The number of rotatable bonds is 7. The number of benzene rings is 3. The molecule has 6 amide bonds. The molecule has 4 heterocycles. The van der Waals surface area contributed by atoms with E-state index in [-0.39, 0.29) is 41.5 Å². The average molecular weight is 651 g/mol. The fourth-order valence-corrected chi connectivity index (χ4v) is 7.56. The number of nitrogens with two attached hydrogens (primary N) is 1. The van der Waals surface area contributed by atoms with Gasteiger partial charge < -0.3 is 10.6 Å². The molecule has 3 N–H and O–H groups in total. The van der Waals surface area contributed by atoms with Crippen LogP contribution in [0.1, 0.15) is 68.2 Å². The molecule has 3 aromatic carbocycles. The van der Waals surface area contributed by atoms with Gasteiger partial charge in [0.1, 0.15) is 11.6 Å². The quantitative estimate of drug-likeness (QED) is 0.228. The standard InChI is InChI=1S/C34H30N6O6S/c35-31(43)24-7-1-4-21-17-39(37-30(21)24)22-11-9-19(10-12-22)20-5-3-15-38(16-20)28(42)18-47-26-8-2-6-23-29(26)34(46)40(33(23)45)25-13-14-27(41)36-32(25)44/h1-2,4,6-12,17,20,25H,3,5,13-16,18H2,(H2,35,43)(H,36,41,44)/t20-,25?/m1/s1. The lowest BCUT2D eigenvalue weighted by Crippen LogP contribution is -2.54. The van der Waals surface area contributed by atoms with E-state index in [0.29, 0.717) is 29.1 Å². The van der Waals surface area contributed by atoms with E-state index < -0.39 is 35.6 Å². The highest BCUT2D eigenvalue weighted by Gasteiger charge is 2.45. The number of amides is 6. The first-order valence-electron chi connectivity index (χ1n) is 15.3. The van der Waals surface area contributed by atoms with Crippen LogP contribution in [0.25, 0.3) is 16.6 Å². The topological polar surface area (TPSA) is 165 Å². The van der Waals surface area contributed by atoms with Crippen LogP contribution in [0.2, 0.25) is 0 Å². The van der Waals surface area contributed by atoms with Gasteiger partial charge in [0.2, 0.25) is 17.7 Å². The van der Waals surface area contributed by atoms with E-state index in [4.69, 9.17) is 5.73 Å². The zero-order valence-corrected chi connectivity index (χ0v) is 26.0. The first-order chi connectivity index (χ1) is 22.7. The van der Waals surface area contributed by atoms with Gasteiger partial charge in [-0.2, -0.15) is 5.10 Å². The van der Waals surface area contributed by atoms with Gasteiger partial charge in [0.25, 0.3) is 17.7 Å². The fraction of sp³-hybridized carbons (Fsp3) is 0.265. The van der Waals surface area contributed by atoms with Gasteiger partial charge in [0.05, 0.1) is 28.1 Å². The molecule has 0 bridgehead atoms. The predicted molar refractivity (Wildman–Crippen MR) is 172 cm³/mol. The van der Waals surface area contributed by atoms with Crippen molar-refractivity contribution >= 4 is 58.1 Å². The fourth-order valence-electron chi connectivity index (χ4n) is 6.59. The van der Waals surface area contributed by atoms with Crippen molar-refractivity contribution in [3.63, 3.8) is 0 Å². The van der Waals surface area contributed by atoms with Gasteiger partial charge in [-0.15, -0.1) is 11.8 Å². The van der Waals surface area contributed by atoms with E-state index in [9.17, 15) is 28.8 Å². The molecule has 7 rings (SSSR count). The SMILES string of the molecule is NC(=O)c1cccc2cn(-c3ccc([C@@H]4CCCN(C(=O)CSc5cccc6c5C(=O)N(C5CCC(=O)NC5=O)C6=O)C4)cc3)nc12. The van der Waals surface area contributed by atoms with Crippen molar-refractivity contribution in [3.05, 3.63) is 89.1 Å². The van der Waals surface area contributed by atoms with Crippen LogP contribution in [0.4, 0.5) is 0 Å². The molecule has 47 heavy (non-hydrogen) atoms. The summed E-state index contributed by atoms with van der Waals surface area (Å²) in [4.78, 5) is 79.1. The number of likely N-dealkylation sites (tertiary alicyclic amines) is 1. The van der Waals surface area contributed by atoms with Crippen LogP contribution in [0, 0.1) is 0 Å². The van der Waals surface area contributed by atoms with Gasteiger partial charge in [-0.25, -0.2) is 4.68 Å². The zero-order valence-electron chi connectivity index (χ0n) is 25.2. The minimum Gasteiger partial charge on any atom is -0.366 e. The summed E-state index contributed by atoms with van der Waals surface area (Å²) < 4.78 is 1.72. The van der Waals surface area contributed by atoms with E-state index in [2.05, 4.69) is 10.4 Å². The highest BCUT2D eigenvalue weighted by Crippen LogP contribution is 2.35. The second kappa shape index (κ2) is 12.1. The first kappa shape index (κ1) is 30.4. The Balaban J connectivity index is 1.01. The predicted octanol–water partition coefficient (Wildman–Crippen LogP) is 3.02. The highest BCUT2D eigenvalue weighted by molar-refractivity contribution is 8.00. The van der Waals surface area contributed by atoms with Crippen molar-refractivity contribution in [2.75, 3.05) is 18.8 Å². The molecule has 1 unspecified atom stereocenters. The Morgan fingerprint density at radius 2 is 1.74 bits per heavy atom. The summed E-state index contributed by atoms with van der Waals surface area (Å²) in [5.41, 5.74) is 8.75. The minimum atomic E-state index is -1.05. The molecule has 0 saturated carbocycles. The first-order valence-corrected chi connectivity index (χ1v) is 16.3. The number of carbonyl (C=O) groups excluding carboxylic acids is 6. The highest BCUT2D eigenvalue weighted by atomic mass is 32.2. The lowest BCUT2D eigenvalue weighted by atomic mass is 9.90. The Hall–Kier alpha value is -5.30. The van der Waals surface area contributed by atoms with E-state index in [1.165, 1.54) is 11.8 Å². The number of hydrogen-bond acceptors (Lipinski definition) is 8.